The first-order valence-electron chi connectivity index (χ1n) is 7.79. The third-order valence-corrected chi connectivity index (χ3v) is 3.71. The number of methoxy groups -OCH3 is 1. The van der Waals surface area contributed by atoms with Gasteiger partial charge in [-0.25, -0.2) is 0 Å². The van der Waals surface area contributed by atoms with E-state index in [0.29, 0.717) is 12.3 Å². The highest BCUT2D eigenvalue weighted by Gasteiger charge is 2.16. The van der Waals surface area contributed by atoms with Crippen molar-refractivity contribution in [2.45, 2.75) is 26.4 Å². The predicted octanol–water partition coefficient (Wildman–Crippen LogP) is 3.38. The number of rotatable bonds is 8. The number of hydrogen-bond acceptors (Lipinski definition) is 5. The van der Waals surface area contributed by atoms with Crippen molar-refractivity contribution in [3.63, 3.8) is 0 Å². The molecule has 128 valence electrons. The van der Waals surface area contributed by atoms with Crippen molar-refractivity contribution < 1.29 is 14.4 Å². The van der Waals surface area contributed by atoms with Gasteiger partial charge in [-0.05, 0) is 55.6 Å². The van der Waals surface area contributed by atoms with Crippen LogP contribution in [-0.2, 0) is 13.0 Å². The van der Waals surface area contributed by atoms with E-state index in [0.717, 1.165) is 29.5 Å². The van der Waals surface area contributed by atoms with Gasteiger partial charge in [0.15, 0.2) is 5.75 Å². The minimum Gasteiger partial charge on any atom is -0.496 e. The molecule has 0 aromatic heterocycles. The molecule has 2 N–H and O–H groups in total. The number of nitro benzene ring substituents is 1. The molecule has 0 amide bonds. The Morgan fingerprint density at radius 1 is 1.17 bits per heavy atom. The first-order chi connectivity index (χ1) is 11.5. The summed E-state index contributed by atoms with van der Waals surface area (Å²) >= 11 is 0. The Morgan fingerprint density at radius 2 is 1.92 bits per heavy atom. The van der Waals surface area contributed by atoms with Crippen molar-refractivity contribution in [2.24, 2.45) is 5.73 Å². The van der Waals surface area contributed by atoms with Crippen molar-refractivity contribution in [1.29, 1.82) is 0 Å². The number of benzene rings is 2. The fourth-order valence-electron chi connectivity index (χ4n) is 2.45. The van der Waals surface area contributed by atoms with Crippen LogP contribution in [0.5, 0.6) is 11.5 Å². The van der Waals surface area contributed by atoms with Gasteiger partial charge < -0.3 is 15.2 Å². The van der Waals surface area contributed by atoms with Crippen LogP contribution in [0.4, 0.5) is 5.69 Å². The Labute approximate surface area is 141 Å². The lowest BCUT2D eigenvalue weighted by atomic mass is 10.1. The Hall–Kier alpha value is -2.60. The van der Waals surface area contributed by atoms with Gasteiger partial charge >= 0.3 is 5.69 Å². The first-order valence-corrected chi connectivity index (χ1v) is 7.79. The first kappa shape index (κ1) is 17.7. The Morgan fingerprint density at radius 3 is 2.58 bits per heavy atom. The molecule has 0 saturated carbocycles. The van der Waals surface area contributed by atoms with Crippen LogP contribution in [-0.4, -0.2) is 18.6 Å². The smallest absolute Gasteiger partial charge is 0.311 e. The van der Waals surface area contributed by atoms with Crippen molar-refractivity contribution in [3.05, 3.63) is 63.2 Å². The average Bonchev–Trinajstić information content (AvgIpc) is 2.58. The summed E-state index contributed by atoms with van der Waals surface area (Å²) in [5, 5.41) is 11.2. The minimum atomic E-state index is -0.433. The van der Waals surface area contributed by atoms with Crippen LogP contribution in [0.2, 0.25) is 0 Å². The lowest BCUT2D eigenvalue weighted by molar-refractivity contribution is -0.386. The van der Waals surface area contributed by atoms with E-state index in [1.54, 1.807) is 26.2 Å². The highest BCUT2D eigenvalue weighted by atomic mass is 16.6. The summed E-state index contributed by atoms with van der Waals surface area (Å²) in [7, 11) is 1.59. The molecular formula is C18H22N2O4. The lowest BCUT2D eigenvalue weighted by Gasteiger charge is -2.12. The third-order valence-electron chi connectivity index (χ3n) is 3.71. The molecule has 0 radical (unpaired) electrons. The summed E-state index contributed by atoms with van der Waals surface area (Å²) in [6.45, 7) is 2.64. The van der Waals surface area contributed by atoms with Gasteiger partial charge in [0.05, 0.1) is 12.0 Å². The molecule has 2 rings (SSSR count). The second kappa shape index (κ2) is 8.31. The maximum Gasteiger partial charge on any atom is 0.311 e. The third kappa shape index (κ3) is 4.45. The van der Waals surface area contributed by atoms with Crippen LogP contribution in [0, 0.1) is 17.0 Å². The molecule has 0 atom stereocenters. The van der Waals surface area contributed by atoms with Gasteiger partial charge in [0.25, 0.3) is 0 Å². The second-order valence-corrected chi connectivity index (χ2v) is 5.56. The Balaban J connectivity index is 2.20. The molecule has 0 heterocycles. The van der Waals surface area contributed by atoms with Gasteiger partial charge in [-0.2, -0.15) is 0 Å². The molecule has 0 fully saturated rings. The average molecular weight is 330 g/mol. The predicted molar refractivity (Wildman–Crippen MR) is 92.5 cm³/mol. The molecule has 0 bridgehead atoms. The summed E-state index contributed by atoms with van der Waals surface area (Å²) in [6.07, 6.45) is 1.77. The van der Waals surface area contributed by atoms with E-state index in [9.17, 15) is 10.1 Å². The molecule has 0 saturated heterocycles. The van der Waals surface area contributed by atoms with Gasteiger partial charge in [0.2, 0.25) is 0 Å². The molecule has 0 unspecified atom stereocenters. The summed E-state index contributed by atoms with van der Waals surface area (Å²) < 4.78 is 11.0. The minimum absolute atomic E-state index is 0.0340. The monoisotopic (exact) mass is 330 g/mol. The molecule has 24 heavy (non-hydrogen) atoms. The maximum atomic E-state index is 11.2. The Kier molecular flexibility index (Phi) is 6.14. The van der Waals surface area contributed by atoms with Crippen LogP contribution in [0.25, 0.3) is 0 Å². The van der Waals surface area contributed by atoms with Gasteiger partial charge in [0, 0.05) is 11.6 Å². The summed E-state index contributed by atoms with van der Waals surface area (Å²) in [6, 6.07) is 10.8. The van der Waals surface area contributed by atoms with E-state index in [4.69, 9.17) is 15.2 Å². The van der Waals surface area contributed by atoms with E-state index >= 15 is 0 Å². The molecule has 0 aliphatic carbocycles. The van der Waals surface area contributed by atoms with Gasteiger partial charge in [-0.1, -0.05) is 12.1 Å². The number of ether oxygens (including phenoxy) is 2. The zero-order chi connectivity index (χ0) is 17.5. The van der Waals surface area contributed by atoms with Crippen LogP contribution >= 0.6 is 0 Å². The summed E-state index contributed by atoms with van der Waals surface area (Å²) in [4.78, 5) is 10.7. The summed E-state index contributed by atoms with van der Waals surface area (Å²) in [5.74, 6) is 0.946. The van der Waals surface area contributed by atoms with E-state index in [2.05, 4.69) is 0 Å². The molecule has 0 spiro atoms. The van der Waals surface area contributed by atoms with Crippen molar-refractivity contribution in [1.82, 2.24) is 0 Å². The number of nitrogens with two attached hydrogens (primary N) is 1. The zero-order valence-electron chi connectivity index (χ0n) is 14.0. The highest BCUT2D eigenvalue weighted by molar-refractivity contribution is 5.48. The highest BCUT2D eigenvalue weighted by Crippen LogP contribution is 2.30. The van der Waals surface area contributed by atoms with Gasteiger partial charge in [-0.15, -0.1) is 0 Å². The number of aryl methyl sites for hydroxylation is 2. The van der Waals surface area contributed by atoms with Crippen LogP contribution in [0.1, 0.15) is 23.1 Å². The Bertz CT molecular complexity index is 716. The fourth-order valence-corrected chi connectivity index (χ4v) is 2.45. The van der Waals surface area contributed by atoms with Crippen molar-refractivity contribution in [3.8, 4) is 11.5 Å². The molecule has 0 aliphatic rings. The molecule has 0 aliphatic heterocycles. The molecule has 6 nitrogen and oxygen atoms in total. The van der Waals surface area contributed by atoms with E-state index in [1.165, 1.54) is 6.07 Å². The molecule has 6 heteroatoms. The number of nitro groups is 1. The van der Waals surface area contributed by atoms with Crippen LogP contribution < -0.4 is 15.2 Å². The zero-order valence-corrected chi connectivity index (χ0v) is 14.0. The van der Waals surface area contributed by atoms with E-state index < -0.39 is 4.92 Å². The van der Waals surface area contributed by atoms with Crippen LogP contribution in [0.3, 0.4) is 0 Å². The standard InChI is InChI=1S/C18H22N2O4/c1-13-5-7-18(16(10-13)20(21)22)24-12-15-11-14(4-3-9-19)6-8-17(15)23-2/h5-8,10-11H,3-4,9,12,19H2,1-2H3. The summed E-state index contributed by atoms with van der Waals surface area (Å²) in [5.41, 5.74) is 8.32. The SMILES string of the molecule is COc1ccc(CCCN)cc1COc1ccc(C)cc1[N+](=O)[O-]. The van der Waals surface area contributed by atoms with E-state index in [-0.39, 0.29) is 18.0 Å². The number of hydrogen-bond donors (Lipinski definition) is 1. The van der Waals surface area contributed by atoms with Gasteiger partial charge in [-0.3, -0.25) is 10.1 Å². The van der Waals surface area contributed by atoms with Crippen LogP contribution in [0.15, 0.2) is 36.4 Å². The molecular weight excluding hydrogens is 308 g/mol. The second-order valence-electron chi connectivity index (χ2n) is 5.56. The topological polar surface area (TPSA) is 87.6 Å². The number of nitrogens with zero attached hydrogens (tertiary/aromatic N) is 1. The van der Waals surface area contributed by atoms with E-state index in [1.807, 2.05) is 18.2 Å². The molecule has 2 aromatic rings. The molecule has 2 aromatic carbocycles. The maximum absolute atomic E-state index is 11.2. The quantitative estimate of drug-likeness (QED) is 0.592. The lowest BCUT2D eigenvalue weighted by Crippen LogP contribution is -2.04. The van der Waals surface area contributed by atoms with Crippen molar-refractivity contribution >= 4 is 5.69 Å². The largest absolute Gasteiger partial charge is 0.496 e. The normalized spacial score (nSPS) is 10.5. The van der Waals surface area contributed by atoms with Crippen molar-refractivity contribution in [2.75, 3.05) is 13.7 Å². The van der Waals surface area contributed by atoms with Gasteiger partial charge in [0.1, 0.15) is 12.4 Å². The fraction of sp³-hybridized carbons (Fsp3) is 0.333.